The monoisotopic (exact) mass is 298 g/mol. The number of anilines is 1. The topological polar surface area (TPSA) is 96.4 Å². The van der Waals surface area contributed by atoms with Crippen LogP contribution < -0.4 is 4.72 Å². The number of nitrogens with zero attached hydrogens (tertiary/aromatic N) is 1. The molecule has 1 aromatic rings. The Balaban J connectivity index is 2.88. The number of rotatable bonds is 5. The van der Waals surface area contributed by atoms with E-state index in [1.54, 1.807) is 6.07 Å². The van der Waals surface area contributed by atoms with Crippen molar-refractivity contribution >= 4 is 27.9 Å². The van der Waals surface area contributed by atoms with Crippen LogP contribution in [0.5, 0.6) is 0 Å². The van der Waals surface area contributed by atoms with Crippen LogP contribution in [0.1, 0.15) is 26.3 Å². The van der Waals surface area contributed by atoms with E-state index in [1.807, 2.05) is 20.8 Å². The molecule has 0 atom stereocenters. The lowest BCUT2D eigenvalue weighted by molar-refractivity contribution is -0.131. The van der Waals surface area contributed by atoms with E-state index >= 15 is 0 Å². The molecule has 0 fully saturated rings. The number of aromatic nitrogens is 1. The number of pyridine rings is 1. The van der Waals surface area contributed by atoms with E-state index in [0.29, 0.717) is 5.56 Å². The van der Waals surface area contributed by atoms with Crippen LogP contribution in [0.3, 0.4) is 0 Å². The van der Waals surface area contributed by atoms with Crippen molar-refractivity contribution in [3.63, 3.8) is 0 Å². The Kier molecular flexibility index (Phi) is 4.88. The van der Waals surface area contributed by atoms with E-state index in [1.165, 1.54) is 18.3 Å². The fourth-order valence-electron chi connectivity index (χ4n) is 1.54. The van der Waals surface area contributed by atoms with Crippen LogP contribution in [-0.2, 0) is 14.8 Å². The number of carbonyl (C=O) groups is 1. The predicted molar refractivity (Wildman–Crippen MR) is 77.8 cm³/mol. The second-order valence-corrected chi connectivity index (χ2v) is 7.29. The fraction of sp³-hybridized carbons (Fsp3) is 0.385. The summed E-state index contributed by atoms with van der Waals surface area (Å²) in [5.74, 6) is -0.935. The molecule has 0 saturated carbocycles. The quantitative estimate of drug-likeness (QED) is 0.810. The van der Waals surface area contributed by atoms with E-state index in [4.69, 9.17) is 5.11 Å². The van der Waals surface area contributed by atoms with E-state index < -0.39 is 16.0 Å². The van der Waals surface area contributed by atoms with Crippen molar-refractivity contribution in [3.05, 3.63) is 30.0 Å². The first-order chi connectivity index (χ1) is 9.07. The molecule has 7 heteroatoms. The first-order valence-corrected chi connectivity index (χ1v) is 7.60. The molecule has 0 aliphatic heterocycles. The molecule has 0 aromatic carbocycles. The maximum absolute atomic E-state index is 11.9. The molecule has 0 unspecified atom stereocenters. The molecule has 0 spiro atoms. The lowest BCUT2D eigenvalue weighted by atomic mass is 10.0. The van der Waals surface area contributed by atoms with Crippen molar-refractivity contribution in [1.82, 2.24) is 4.98 Å². The predicted octanol–water partition coefficient (Wildman–Crippen LogP) is 1.97. The van der Waals surface area contributed by atoms with Gasteiger partial charge in [0.2, 0.25) is 10.0 Å². The van der Waals surface area contributed by atoms with Crippen LogP contribution in [-0.4, -0.2) is 30.2 Å². The van der Waals surface area contributed by atoms with Crippen LogP contribution in [0, 0.1) is 5.41 Å². The lowest BCUT2D eigenvalue weighted by Gasteiger charge is -2.18. The van der Waals surface area contributed by atoms with Crippen molar-refractivity contribution in [2.75, 3.05) is 10.5 Å². The fourth-order valence-corrected chi connectivity index (χ4v) is 3.18. The Hall–Kier alpha value is -1.89. The highest BCUT2D eigenvalue weighted by atomic mass is 32.2. The molecule has 0 saturated heterocycles. The molecule has 0 bridgehead atoms. The van der Waals surface area contributed by atoms with Gasteiger partial charge in [-0.3, -0.25) is 4.72 Å². The van der Waals surface area contributed by atoms with Gasteiger partial charge < -0.3 is 5.11 Å². The van der Waals surface area contributed by atoms with Gasteiger partial charge in [-0.2, -0.15) is 0 Å². The summed E-state index contributed by atoms with van der Waals surface area (Å²) >= 11 is 0. The largest absolute Gasteiger partial charge is 0.478 e. The molecule has 1 heterocycles. The summed E-state index contributed by atoms with van der Waals surface area (Å²) in [6.45, 7) is 5.48. The number of sulfonamides is 1. The van der Waals surface area contributed by atoms with Gasteiger partial charge in [-0.05, 0) is 29.2 Å². The zero-order valence-corrected chi connectivity index (χ0v) is 12.4. The van der Waals surface area contributed by atoms with Crippen LogP contribution in [0.25, 0.3) is 6.08 Å². The molecule has 110 valence electrons. The van der Waals surface area contributed by atoms with Gasteiger partial charge in [-0.15, -0.1) is 0 Å². The Bertz CT molecular complexity index is 616. The summed E-state index contributed by atoms with van der Waals surface area (Å²) in [6.07, 6.45) is 3.75. The van der Waals surface area contributed by atoms with Crippen LogP contribution in [0.15, 0.2) is 24.4 Å². The molecule has 0 radical (unpaired) electrons. The average molecular weight is 298 g/mol. The second kappa shape index (κ2) is 6.04. The highest BCUT2D eigenvalue weighted by Crippen LogP contribution is 2.18. The second-order valence-electron chi connectivity index (χ2n) is 5.57. The summed E-state index contributed by atoms with van der Waals surface area (Å²) in [7, 11) is -3.49. The normalized spacial score (nSPS) is 12.6. The van der Waals surface area contributed by atoms with Crippen LogP contribution in [0.4, 0.5) is 5.82 Å². The average Bonchev–Trinajstić information content (AvgIpc) is 2.22. The minimum atomic E-state index is -3.49. The van der Waals surface area contributed by atoms with E-state index in [0.717, 1.165) is 6.08 Å². The van der Waals surface area contributed by atoms with Gasteiger partial charge in [0.25, 0.3) is 0 Å². The van der Waals surface area contributed by atoms with Gasteiger partial charge in [0.1, 0.15) is 5.82 Å². The number of hydrogen-bond acceptors (Lipinski definition) is 4. The third kappa shape index (κ3) is 6.33. The van der Waals surface area contributed by atoms with Gasteiger partial charge in [0.15, 0.2) is 0 Å². The molecule has 1 aromatic heterocycles. The van der Waals surface area contributed by atoms with E-state index in [9.17, 15) is 13.2 Å². The van der Waals surface area contributed by atoms with Crippen molar-refractivity contribution in [2.24, 2.45) is 5.41 Å². The molecule has 20 heavy (non-hydrogen) atoms. The minimum absolute atomic E-state index is 0.0309. The SMILES string of the molecule is CC(C)(C)CS(=O)(=O)Nc1cc(/C=C/C(=O)O)ccn1. The van der Waals surface area contributed by atoms with Gasteiger partial charge in [-0.1, -0.05) is 20.8 Å². The van der Waals surface area contributed by atoms with E-state index in [2.05, 4.69) is 9.71 Å². The first kappa shape index (κ1) is 16.2. The van der Waals surface area contributed by atoms with Gasteiger partial charge >= 0.3 is 5.97 Å². The number of aliphatic carboxylic acids is 1. The zero-order valence-electron chi connectivity index (χ0n) is 11.6. The highest BCUT2D eigenvalue weighted by molar-refractivity contribution is 7.92. The standard InChI is InChI=1S/C13H18N2O4S/c1-13(2,3)9-20(18,19)15-11-8-10(6-7-14-11)4-5-12(16)17/h4-8H,9H2,1-3H3,(H,14,15)(H,16,17)/b5-4+. The molecule has 0 aliphatic carbocycles. The summed E-state index contributed by atoms with van der Waals surface area (Å²) in [4.78, 5) is 14.3. The summed E-state index contributed by atoms with van der Waals surface area (Å²) < 4.78 is 26.2. The molecular formula is C13H18N2O4S. The minimum Gasteiger partial charge on any atom is -0.478 e. The van der Waals surface area contributed by atoms with Crippen molar-refractivity contribution < 1.29 is 18.3 Å². The summed E-state index contributed by atoms with van der Waals surface area (Å²) in [5, 5.41) is 8.54. The maximum Gasteiger partial charge on any atom is 0.328 e. The van der Waals surface area contributed by atoms with E-state index in [-0.39, 0.29) is 17.0 Å². The Morgan fingerprint density at radius 3 is 2.65 bits per heavy atom. The number of nitrogens with one attached hydrogen (secondary N) is 1. The maximum atomic E-state index is 11.9. The van der Waals surface area contributed by atoms with Crippen LogP contribution in [0.2, 0.25) is 0 Å². The molecule has 0 amide bonds. The summed E-state index contributed by atoms with van der Waals surface area (Å²) in [5.41, 5.74) is 0.183. The summed E-state index contributed by atoms with van der Waals surface area (Å²) in [6, 6.07) is 3.06. The van der Waals surface area contributed by atoms with Crippen molar-refractivity contribution in [3.8, 4) is 0 Å². The molecule has 1 rings (SSSR count). The zero-order chi connectivity index (χ0) is 15.4. The molecule has 2 N–H and O–H groups in total. The molecular weight excluding hydrogens is 280 g/mol. The third-order valence-corrected chi connectivity index (χ3v) is 3.85. The lowest BCUT2D eigenvalue weighted by Crippen LogP contribution is -2.26. The third-order valence-electron chi connectivity index (χ3n) is 2.09. The van der Waals surface area contributed by atoms with Gasteiger partial charge in [-0.25, -0.2) is 18.2 Å². The first-order valence-electron chi connectivity index (χ1n) is 5.95. The Morgan fingerprint density at radius 2 is 2.10 bits per heavy atom. The number of carboxylic acids is 1. The van der Waals surface area contributed by atoms with Gasteiger partial charge in [0, 0.05) is 12.3 Å². The Morgan fingerprint density at radius 1 is 1.45 bits per heavy atom. The number of hydrogen-bond donors (Lipinski definition) is 2. The number of carboxylic acid groups (broad SMARTS) is 1. The van der Waals surface area contributed by atoms with Gasteiger partial charge in [0.05, 0.1) is 5.75 Å². The molecule has 0 aliphatic rings. The Labute approximate surface area is 118 Å². The van der Waals surface area contributed by atoms with Crippen LogP contribution >= 0.6 is 0 Å². The van der Waals surface area contributed by atoms with Crippen molar-refractivity contribution in [1.29, 1.82) is 0 Å². The molecule has 6 nitrogen and oxygen atoms in total. The smallest absolute Gasteiger partial charge is 0.328 e. The van der Waals surface area contributed by atoms with Crippen molar-refractivity contribution in [2.45, 2.75) is 20.8 Å². The highest BCUT2D eigenvalue weighted by Gasteiger charge is 2.21.